The van der Waals surface area contributed by atoms with E-state index in [1.165, 1.54) is 6.07 Å². The van der Waals surface area contributed by atoms with E-state index in [1.807, 2.05) is 6.92 Å². The predicted octanol–water partition coefficient (Wildman–Crippen LogP) is 1.92. The van der Waals surface area contributed by atoms with E-state index in [0.717, 1.165) is 12.5 Å². The molecule has 88 valence electrons. The lowest BCUT2D eigenvalue weighted by molar-refractivity contribution is 0.240. The number of benzene rings is 1. The van der Waals surface area contributed by atoms with Crippen molar-refractivity contribution in [3.63, 3.8) is 0 Å². The first-order valence-corrected chi connectivity index (χ1v) is 5.46. The Bertz CT molecular complexity index is 395. The topological polar surface area (TPSA) is 32.3 Å². The van der Waals surface area contributed by atoms with Crippen LogP contribution in [0.5, 0.6) is 0 Å². The zero-order valence-corrected chi connectivity index (χ0v) is 9.13. The SMILES string of the molecule is C[C@@H](CO)NC1CCc2c(F)cc(F)cc21. The monoisotopic (exact) mass is 227 g/mol. The highest BCUT2D eigenvalue weighted by atomic mass is 19.1. The highest BCUT2D eigenvalue weighted by Crippen LogP contribution is 2.33. The normalized spacial score (nSPS) is 20.9. The number of hydrogen-bond donors (Lipinski definition) is 2. The number of rotatable bonds is 3. The standard InChI is InChI=1S/C12H15F2NO/c1-7(6-16)15-12-3-2-9-10(12)4-8(13)5-11(9)14/h4-5,7,12,15-16H,2-3,6H2,1H3/t7-,12?/m0/s1. The molecule has 0 heterocycles. The first-order chi connectivity index (χ1) is 7.61. The molecule has 0 saturated carbocycles. The summed E-state index contributed by atoms with van der Waals surface area (Å²) in [6.45, 7) is 1.86. The lowest BCUT2D eigenvalue weighted by Gasteiger charge is -2.18. The van der Waals surface area contributed by atoms with Crippen LogP contribution in [-0.4, -0.2) is 17.8 Å². The van der Waals surface area contributed by atoms with Crippen molar-refractivity contribution in [3.05, 3.63) is 34.9 Å². The summed E-state index contributed by atoms with van der Waals surface area (Å²) >= 11 is 0. The molecule has 2 atom stereocenters. The van der Waals surface area contributed by atoms with Crippen LogP contribution in [-0.2, 0) is 6.42 Å². The zero-order chi connectivity index (χ0) is 11.7. The van der Waals surface area contributed by atoms with Crippen LogP contribution in [0.25, 0.3) is 0 Å². The van der Waals surface area contributed by atoms with Crippen molar-refractivity contribution in [2.75, 3.05) is 6.61 Å². The molecule has 0 spiro atoms. The Balaban J connectivity index is 2.25. The molecule has 0 aromatic heterocycles. The maximum atomic E-state index is 13.4. The zero-order valence-electron chi connectivity index (χ0n) is 9.13. The summed E-state index contributed by atoms with van der Waals surface area (Å²) in [4.78, 5) is 0. The second-order valence-electron chi connectivity index (χ2n) is 4.30. The van der Waals surface area contributed by atoms with E-state index in [2.05, 4.69) is 5.32 Å². The molecule has 2 N–H and O–H groups in total. The molecule has 2 rings (SSSR count). The fourth-order valence-electron chi connectivity index (χ4n) is 2.21. The third-order valence-electron chi connectivity index (χ3n) is 3.01. The molecule has 4 heteroatoms. The minimum Gasteiger partial charge on any atom is -0.395 e. The maximum Gasteiger partial charge on any atom is 0.129 e. The Morgan fingerprint density at radius 2 is 2.25 bits per heavy atom. The van der Waals surface area contributed by atoms with Crippen LogP contribution in [0.3, 0.4) is 0 Å². The van der Waals surface area contributed by atoms with Crippen molar-refractivity contribution < 1.29 is 13.9 Å². The van der Waals surface area contributed by atoms with Crippen molar-refractivity contribution in [1.29, 1.82) is 0 Å². The van der Waals surface area contributed by atoms with Gasteiger partial charge in [0.15, 0.2) is 0 Å². The Kier molecular flexibility index (Phi) is 3.21. The Morgan fingerprint density at radius 3 is 2.94 bits per heavy atom. The van der Waals surface area contributed by atoms with Crippen LogP contribution < -0.4 is 5.32 Å². The van der Waals surface area contributed by atoms with Gasteiger partial charge in [0.05, 0.1) is 6.61 Å². The van der Waals surface area contributed by atoms with Gasteiger partial charge in [0.1, 0.15) is 11.6 Å². The first kappa shape index (κ1) is 11.5. The summed E-state index contributed by atoms with van der Waals surface area (Å²) in [6, 6.07) is 2.19. The van der Waals surface area contributed by atoms with Crippen LogP contribution in [0.4, 0.5) is 8.78 Å². The molecular formula is C12H15F2NO. The Morgan fingerprint density at radius 1 is 1.50 bits per heavy atom. The quantitative estimate of drug-likeness (QED) is 0.827. The van der Waals surface area contributed by atoms with Crippen molar-refractivity contribution in [2.45, 2.75) is 31.8 Å². The van der Waals surface area contributed by atoms with Crippen LogP contribution >= 0.6 is 0 Å². The van der Waals surface area contributed by atoms with Gasteiger partial charge in [-0.2, -0.15) is 0 Å². The number of hydrogen-bond acceptors (Lipinski definition) is 2. The summed E-state index contributed by atoms with van der Waals surface area (Å²) in [6.07, 6.45) is 1.37. The van der Waals surface area contributed by atoms with Crippen molar-refractivity contribution in [2.24, 2.45) is 0 Å². The van der Waals surface area contributed by atoms with Gasteiger partial charge in [-0.1, -0.05) is 0 Å². The second kappa shape index (κ2) is 4.47. The highest BCUT2D eigenvalue weighted by molar-refractivity contribution is 5.36. The van der Waals surface area contributed by atoms with E-state index < -0.39 is 11.6 Å². The molecule has 1 aliphatic carbocycles. The van der Waals surface area contributed by atoms with Crippen molar-refractivity contribution in [3.8, 4) is 0 Å². The average molecular weight is 227 g/mol. The van der Waals surface area contributed by atoms with E-state index in [-0.39, 0.29) is 18.7 Å². The number of halogens is 2. The van der Waals surface area contributed by atoms with Crippen LogP contribution in [0.15, 0.2) is 12.1 Å². The second-order valence-corrected chi connectivity index (χ2v) is 4.30. The molecule has 1 aromatic rings. The molecule has 1 aromatic carbocycles. The van der Waals surface area contributed by atoms with Gasteiger partial charge in [-0.3, -0.25) is 0 Å². The van der Waals surface area contributed by atoms with Crippen LogP contribution in [0, 0.1) is 11.6 Å². The van der Waals surface area contributed by atoms with E-state index in [1.54, 1.807) is 0 Å². The smallest absolute Gasteiger partial charge is 0.129 e. The molecule has 0 radical (unpaired) electrons. The molecule has 16 heavy (non-hydrogen) atoms. The van der Waals surface area contributed by atoms with Crippen molar-refractivity contribution >= 4 is 0 Å². The Labute approximate surface area is 93.3 Å². The first-order valence-electron chi connectivity index (χ1n) is 5.46. The molecule has 1 unspecified atom stereocenters. The summed E-state index contributed by atoms with van der Waals surface area (Å²) < 4.78 is 26.5. The summed E-state index contributed by atoms with van der Waals surface area (Å²) in [7, 11) is 0. The fourth-order valence-corrected chi connectivity index (χ4v) is 2.21. The predicted molar refractivity (Wildman–Crippen MR) is 57.1 cm³/mol. The average Bonchev–Trinajstić information content (AvgIpc) is 2.61. The number of aliphatic hydroxyl groups excluding tert-OH is 1. The molecule has 0 amide bonds. The fraction of sp³-hybridized carbons (Fsp3) is 0.500. The lowest BCUT2D eigenvalue weighted by Crippen LogP contribution is -2.32. The summed E-state index contributed by atoms with van der Waals surface area (Å²) in [5, 5.41) is 12.1. The van der Waals surface area contributed by atoms with Gasteiger partial charge in [0, 0.05) is 18.2 Å². The van der Waals surface area contributed by atoms with Gasteiger partial charge in [-0.15, -0.1) is 0 Å². The van der Waals surface area contributed by atoms with Gasteiger partial charge in [0.2, 0.25) is 0 Å². The largest absolute Gasteiger partial charge is 0.395 e. The maximum absolute atomic E-state index is 13.4. The number of fused-ring (bicyclic) bond motifs is 1. The Hall–Kier alpha value is -1.00. The van der Waals surface area contributed by atoms with E-state index in [4.69, 9.17) is 5.11 Å². The molecule has 0 fully saturated rings. The van der Waals surface area contributed by atoms with Gasteiger partial charge < -0.3 is 10.4 Å². The molecular weight excluding hydrogens is 212 g/mol. The van der Waals surface area contributed by atoms with E-state index >= 15 is 0 Å². The van der Waals surface area contributed by atoms with Gasteiger partial charge in [-0.25, -0.2) is 8.78 Å². The third kappa shape index (κ3) is 2.08. The van der Waals surface area contributed by atoms with Gasteiger partial charge in [-0.05, 0) is 37.0 Å². The summed E-state index contributed by atoms with van der Waals surface area (Å²) in [5.41, 5.74) is 1.29. The molecule has 0 bridgehead atoms. The van der Waals surface area contributed by atoms with E-state index in [0.29, 0.717) is 17.5 Å². The molecule has 1 aliphatic rings. The molecule has 0 saturated heterocycles. The van der Waals surface area contributed by atoms with E-state index in [9.17, 15) is 8.78 Å². The van der Waals surface area contributed by atoms with Gasteiger partial charge >= 0.3 is 0 Å². The van der Waals surface area contributed by atoms with Crippen LogP contribution in [0.2, 0.25) is 0 Å². The third-order valence-corrected chi connectivity index (χ3v) is 3.01. The minimum absolute atomic E-state index is 0.0175. The number of aliphatic hydroxyl groups is 1. The molecule has 0 aliphatic heterocycles. The minimum atomic E-state index is -0.540. The van der Waals surface area contributed by atoms with Crippen molar-refractivity contribution in [1.82, 2.24) is 5.32 Å². The van der Waals surface area contributed by atoms with Crippen LogP contribution in [0.1, 0.15) is 30.5 Å². The molecule has 2 nitrogen and oxygen atoms in total. The lowest BCUT2D eigenvalue weighted by atomic mass is 10.1. The summed E-state index contributed by atoms with van der Waals surface area (Å²) in [5.74, 6) is -1.00. The highest BCUT2D eigenvalue weighted by Gasteiger charge is 2.26. The number of nitrogens with one attached hydrogen (secondary N) is 1. The van der Waals surface area contributed by atoms with Gasteiger partial charge in [0.25, 0.3) is 0 Å².